The van der Waals surface area contributed by atoms with Crippen LogP contribution in [0.15, 0.2) is 18.5 Å². The third-order valence-corrected chi connectivity index (χ3v) is 2.43. The van der Waals surface area contributed by atoms with Gasteiger partial charge in [0.25, 0.3) is 0 Å². The minimum atomic E-state index is -0.343. The zero-order valence-corrected chi connectivity index (χ0v) is 10.7. The van der Waals surface area contributed by atoms with E-state index in [1.54, 1.807) is 0 Å². The van der Waals surface area contributed by atoms with Crippen molar-refractivity contribution in [3.8, 4) is 0 Å². The maximum atomic E-state index is 9.65. The van der Waals surface area contributed by atoms with Crippen LogP contribution in [-0.2, 0) is 11.3 Å². The van der Waals surface area contributed by atoms with Crippen LogP contribution in [0.25, 0.3) is 0 Å². The van der Waals surface area contributed by atoms with Crippen LogP contribution >= 0.6 is 0 Å². The number of ether oxygens (including phenoxy) is 1. The van der Waals surface area contributed by atoms with Crippen molar-refractivity contribution in [3.63, 3.8) is 0 Å². The summed E-state index contributed by atoms with van der Waals surface area (Å²) in [6, 6.07) is 1.96. The molecule has 1 rings (SSSR count). The number of aliphatic hydroxyl groups excluding tert-OH is 1. The van der Waals surface area contributed by atoms with Gasteiger partial charge in [0.15, 0.2) is 0 Å². The molecule has 3 heteroatoms. The molecule has 3 nitrogen and oxygen atoms in total. The summed E-state index contributed by atoms with van der Waals surface area (Å²) in [5.41, 5.74) is 0.900. The second-order valence-electron chi connectivity index (χ2n) is 5.07. The average Bonchev–Trinajstić information content (AvgIpc) is 2.63. The lowest BCUT2D eigenvalue weighted by Crippen LogP contribution is -2.21. The van der Waals surface area contributed by atoms with Gasteiger partial charge in [0, 0.05) is 18.9 Å². The van der Waals surface area contributed by atoms with Gasteiger partial charge in [-0.3, -0.25) is 0 Å². The standard InChI is InChI=1S/C13H23NO2/c1-5-12(15)11-6-7-14(10-11)8-9-16-13(2,3)4/h6-7,10,12,15H,5,8-9H2,1-4H3. The minimum absolute atomic E-state index is 0.0844. The maximum Gasteiger partial charge on any atom is 0.0802 e. The highest BCUT2D eigenvalue weighted by atomic mass is 16.5. The van der Waals surface area contributed by atoms with Crippen LogP contribution in [0, 0.1) is 0 Å². The molecule has 0 saturated carbocycles. The molecule has 16 heavy (non-hydrogen) atoms. The monoisotopic (exact) mass is 225 g/mol. The molecule has 0 spiro atoms. The Morgan fingerprint density at radius 3 is 2.69 bits per heavy atom. The van der Waals surface area contributed by atoms with Crippen molar-refractivity contribution in [1.29, 1.82) is 0 Å². The Labute approximate surface area is 98.0 Å². The molecule has 0 aromatic carbocycles. The number of aliphatic hydroxyl groups is 1. The lowest BCUT2D eigenvalue weighted by atomic mass is 10.1. The first-order valence-electron chi connectivity index (χ1n) is 5.90. The molecular weight excluding hydrogens is 202 g/mol. The first-order chi connectivity index (χ1) is 7.42. The van der Waals surface area contributed by atoms with E-state index in [1.807, 2.05) is 25.4 Å². The van der Waals surface area contributed by atoms with Gasteiger partial charge in [-0.05, 0) is 38.8 Å². The maximum absolute atomic E-state index is 9.65. The van der Waals surface area contributed by atoms with E-state index in [0.717, 1.165) is 18.5 Å². The molecule has 1 heterocycles. The summed E-state index contributed by atoms with van der Waals surface area (Å²) in [6.07, 6.45) is 4.38. The van der Waals surface area contributed by atoms with Crippen molar-refractivity contribution < 1.29 is 9.84 Å². The van der Waals surface area contributed by atoms with Gasteiger partial charge in [0.2, 0.25) is 0 Å². The fraction of sp³-hybridized carbons (Fsp3) is 0.692. The molecular formula is C13H23NO2. The number of hydrogen-bond acceptors (Lipinski definition) is 2. The molecule has 1 aromatic rings. The van der Waals surface area contributed by atoms with Crippen molar-refractivity contribution in [2.24, 2.45) is 0 Å². The molecule has 0 radical (unpaired) electrons. The van der Waals surface area contributed by atoms with Gasteiger partial charge in [-0.1, -0.05) is 6.92 Å². The second kappa shape index (κ2) is 5.51. The fourth-order valence-corrected chi connectivity index (χ4v) is 1.49. The first-order valence-corrected chi connectivity index (χ1v) is 5.90. The topological polar surface area (TPSA) is 34.4 Å². The van der Waals surface area contributed by atoms with E-state index in [1.165, 1.54) is 0 Å². The first kappa shape index (κ1) is 13.3. The van der Waals surface area contributed by atoms with Crippen molar-refractivity contribution in [3.05, 3.63) is 24.0 Å². The molecule has 1 atom stereocenters. The van der Waals surface area contributed by atoms with Crippen molar-refractivity contribution >= 4 is 0 Å². The molecule has 0 aliphatic rings. The highest BCUT2D eigenvalue weighted by Gasteiger charge is 2.10. The van der Waals surface area contributed by atoms with Crippen LogP contribution in [0.5, 0.6) is 0 Å². The number of nitrogens with zero attached hydrogens (tertiary/aromatic N) is 1. The Balaban J connectivity index is 2.41. The molecule has 0 bridgehead atoms. The third kappa shape index (κ3) is 4.37. The predicted octanol–water partition coefficient (Wildman–Crippen LogP) is 2.75. The lowest BCUT2D eigenvalue weighted by Gasteiger charge is -2.19. The van der Waals surface area contributed by atoms with E-state index in [2.05, 4.69) is 25.3 Å². The Bertz CT molecular complexity index is 312. The largest absolute Gasteiger partial charge is 0.388 e. The normalized spacial score (nSPS) is 14.1. The number of hydrogen-bond donors (Lipinski definition) is 1. The van der Waals surface area contributed by atoms with E-state index in [0.29, 0.717) is 6.61 Å². The van der Waals surface area contributed by atoms with Gasteiger partial charge in [-0.2, -0.15) is 0 Å². The summed E-state index contributed by atoms with van der Waals surface area (Å²) in [4.78, 5) is 0. The molecule has 0 amide bonds. The SMILES string of the molecule is CCC(O)c1ccn(CCOC(C)(C)C)c1. The van der Waals surface area contributed by atoms with Crippen molar-refractivity contribution in [1.82, 2.24) is 4.57 Å². The Morgan fingerprint density at radius 2 is 2.12 bits per heavy atom. The smallest absolute Gasteiger partial charge is 0.0802 e. The molecule has 0 fully saturated rings. The van der Waals surface area contributed by atoms with Crippen LogP contribution in [0.4, 0.5) is 0 Å². The fourth-order valence-electron chi connectivity index (χ4n) is 1.49. The van der Waals surface area contributed by atoms with Gasteiger partial charge in [-0.15, -0.1) is 0 Å². The van der Waals surface area contributed by atoms with E-state index in [9.17, 15) is 5.11 Å². The molecule has 0 aliphatic heterocycles. The summed E-state index contributed by atoms with van der Waals surface area (Å²) in [7, 11) is 0. The highest BCUT2D eigenvalue weighted by molar-refractivity contribution is 5.13. The van der Waals surface area contributed by atoms with Crippen LogP contribution in [-0.4, -0.2) is 21.9 Å². The Morgan fingerprint density at radius 1 is 1.44 bits per heavy atom. The van der Waals surface area contributed by atoms with Crippen molar-refractivity contribution in [2.75, 3.05) is 6.61 Å². The molecule has 0 saturated heterocycles. The molecule has 92 valence electrons. The third-order valence-electron chi connectivity index (χ3n) is 2.43. The Kier molecular flexibility index (Phi) is 4.56. The zero-order chi connectivity index (χ0) is 12.2. The van der Waals surface area contributed by atoms with Gasteiger partial charge in [0.1, 0.15) is 0 Å². The van der Waals surface area contributed by atoms with Crippen LogP contribution in [0.3, 0.4) is 0 Å². The Hall–Kier alpha value is -0.800. The highest BCUT2D eigenvalue weighted by Crippen LogP contribution is 2.16. The number of rotatable bonds is 5. The van der Waals surface area contributed by atoms with E-state index >= 15 is 0 Å². The summed E-state index contributed by atoms with van der Waals surface area (Å²) in [6.45, 7) is 9.65. The quantitative estimate of drug-likeness (QED) is 0.836. The predicted molar refractivity (Wildman–Crippen MR) is 65.4 cm³/mol. The molecule has 1 N–H and O–H groups in total. The van der Waals surface area contributed by atoms with Crippen molar-refractivity contribution in [2.45, 2.75) is 52.4 Å². The summed E-state index contributed by atoms with van der Waals surface area (Å²) < 4.78 is 7.70. The molecule has 1 aromatic heterocycles. The van der Waals surface area contributed by atoms with Gasteiger partial charge in [0.05, 0.1) is 18.3 Å². The summed E-state index contributed by atoms with van der Waals surface area (Å²) in [5, 5.41) is 9.65. The van der Waals surface area contributed by atoms with Crippen LogP contribution in [0.1, 0.15) is 45.8 Å². The summed E-state index contributed by atoms with van der Waals surface area (Å²) in [5.74, 6) is 0. The van der Waals surface area contributed by atoms with E-state index < -0.39 is 0 Å². The lowest BCUT2D eigenvalue weighted by molar-refractivity contribution is -0.00682. The van der Waals surface area contributed by atoms with Gasteiger partial charge < -0.3 is 14.4 Å². The van der Waals surface area contributed by atoms with E-state index in [-0.39, 0.29) is 11.7 Å². The minimum Gasteiger partial charge on any atom is -0.388 e. The second-order valence-corrected chi connectivity index (χ2v) is 5.07. The zero-order valence-electron chi connectivity index (χ0n) is 10.7. The van der Waals surface area contributed by atoms with E-state index in [4.69, 9.17) is 4.74 Å². The summed E-state index contributed by atoms with van der Waals surface area (Å²) >= 11 is 0. The van der Waals surface area contributed by atoms with Gasteiger partial charge in [-0.25, -0.2) is 0 Å². The number of aromatic nitrogens is 1. The molecule has 0 aliphatic carbocycles. The molecule has 1 unspecified atom stereocenters. The average molecular weight is 225 g/mol. The van der Waals surface area contributed by atoms with Crippen LogP contribution < -0.4 is 0 Å². The van der Waals surface area contributed by atoms with Crippen LogP contribution in [0.2, 0.25) is 0 Å². The van der Waals surface area contributed by atoms with Gasteiger partial charge >= 0.3 is 0 Å².